The summed E-state index contributed by atoms with van der Waals surface area (Å²) in [6, 6.07) is 15.2. The Morgan fingerprint density at radius 2 is 1.75 bits per heavy atom. The van der Waals surface area contributed by atoms with Gasteiger partial charge in [0.25, 0.3) is 0 Å². The minimum Gasteiger partial charge on any atom is -0.368 e. The van der Waals surface area contributed by atoms with Crippen LogP contribution in [0.5, 0.6) is 0 Å². The fraction of sp³-hybridized carbons (Fsp3) is 0.294. The van der Waals surface area contributed by atoms with Crippen LogP contribution in [0.3, 0.4) is 0 Å². The van der Waals surface area contributed by atoms with Gasteiger partial charge in [-0.1, -0.05) is 43.3 Å². The monoisotopic (exact) mass is 272 g/mol. The number of benzene rings is 2. The van der Waals surface area contributed by atoms with E-state index < -0.39 is 0 Å². The molecule has 2 N–H and O–H groups in total. The van der Waals surface area contributed by atoms with Crippen LogP contribution in [0.1, 0.15) is 24.0 Å². The van der Waals surface area contributed by atoms with Gasteiger partial charge in [0, 0.05) is 13.6 Å². The van der Waals surface area contributed by atoms with Crippen molar-refractivity contribution in [1.82, 2.24) is 0 Å². The van der Waals surface area contributed by atoms with Gasteiger partial charge in [-0.15, -0.1) is 0 Å². The third-order valence-corrected chi connectivity index (χ3v) is 3.59. The van der Waals surface area contributed by atoms with Crippen molar-refractivity contribution in [2.24, 2.45) is 5.73 Å². The Bertz CT molecular complexity index is 551. The summed E-state index contributed by atoms with van der Waals surface area (Å²) in [6.07, 6.45) is 0. The zero-order chi connectivity index (χ0) is 14.5. The molecule has 0 aromatic heterocycles. The molecular weight excluding hydrogens is 251 g/mol. The molecule has 0 amide bonds. The molecule has 0 saturated heterocycles. The standard InChI is InChI=1S/C17H21FN2/c1-13(11-19)15-9-7-14(8-10-15)12-20(2)17-6-4-3-5-16(17)18/h3-10,13H,11-12,19H2,1-2H3. The fourth-order valence-corrected chi connectivity index (χ4v) is 2.21. The second kappa shape index (κ2) is 6.53. The van der Waals surface area contributed by atoms with Crippen LogP contribution in [0.2, 0.25) is 0 Å². The number of nitrogens with two attached hydrogens (primary N) is 1. The smallest absolute Gasteiger partial charge is 0.146 e. The molecule has 0 spiro atoms. The van der Waals surface area contributed by atoms with E-state index in [0.717, 1.165) is 5.56 Å². The first-order valence-electron chi connectivity index (χ1n) is 6.86. The highest BCUT2D eigenvalue weighted by Crippen LogP contribution is 2.20. The van der Waals surface area contributed by atoms with Gasteiger partial charge in [-0.25, -0.2) is 4.39 Å². The number of nitrogens with zero attached hydrogens (tertiary/aromatic N) is 1. The Morgan fingerprint density at radius 1 is 1.10 bits per heavy atom. The third-order valence-electron chi connectivity index (χ3n) is 3.59. The van der Waals surface area contributed by atoms with Crippen LogP contribution >= 0.6 is 0 Å². The van der Waals surface area contributed by atoms with Crippen LogP contribution in [0.4, 0.5) is 10.1 Å². The van der Waals surface area contributed by atoms with Gasteiger partial charge in [0.05, 0.1) is 5.69 Å². The number of halogens is 1. The maximum atomic E-state index is 13.7. The summed E-state index contributed by atoms with van der Waals surface area (Å²) < 4.78 is 13.7. The molecule has 2 aromatic rings. The Labute approximate surface area is 120 Å². The molecular formula is C17H21FN2. The van der Waals surface area contributed by atoms with Gasteiger partial charge in [-0.05, 0) is 35.7 Å². The molecule has 0 aliphatic heterocycles. The van der Waals surface area contributed by atoms with Crippen molar-refractivity contribution in [3.63, 3.8) is 0 Å². The van der Waals surface area contributed by atoms with E-state index in [2.05, 4.69) is 31.2 Å². The second-order valence-corrected chi connectivity index (χ2v) is 5.19. The molecule has 0 fully saturated rings. The van der Waals surface area contributed by atoms with Gasteiger partial charge in [0.1, 0.15) is 5.82 Å². The quantitative estimate of drug-likeness (QED) is 0.902. The van der Waals surface area contributed by atoms with Crippen molar-refractivity contribution < 1.29 is 4.39 Å². The lowest BCUT2D eigenvalue weighted by Crippen LogP contribution is -2.17. The van der Waals surface area contributed by atoms with Crippen LogP contribution in [0.15, 0.2) is 48.5 Å². The van der Waals surface area contributed by atoms with Crippen molar-refractivity contribution in [1.29, 1.82) is 0 Å². The highest BCUT2D eigenvalue weighted by Gasteiger charge is 2.08. The zero-order valence-corrected chi connectivity index (χ0v) is 12.0. The van der Waals surface area contributed by atoms with E-state index in [-0.39, 0.29) is 5.82 Å². The molecule has 2 aromatic carbocycles. The summed E-state index contributed by atoms with van der Waals surface area (Å²) in [5.41, 5.74) is 8.68. The molecule has 0 saturated carbocycles. The number of anilines is 1. The first-order chi connectivity index (χ1) is 9.61. The minimum atomic E-state index is -0.191. The van der Waals surface area contributed by atoms with E-state index in [0.29, 0.717) is 24.7 Å². The van der Waals surface area contributed by atoms with Crippen molar-refractivity contribution >= 4 is 5.69 Å². The van der Waals surface area contributed by atoms with Gasteiger partial charge in [0.15, 0.2) is 0 Å². The molecule has 106 valence electrons. The summed E-state index contributed by atoms with van der Waals surface area (Å²) in [6.45, 7) is 3.44. The topological polar surface area (TPSA) is 29.3 Å². The zero-order valence-electron chi connectivity index (χ0n) is 12.0. The van der Waals surface area contributed by atoms with Crippen LogP contribution in [-0.4, -0.2) is 13.6 Å². The molecule has 0 heterocycles. The van der Waals surface area contributed by atoms with Crippen LogP contribution in [-0.2, 0) is 6.54 Å². The van der Waals surface area contributed by atoms with Crippen molar-refractivity contribution in [2.45, 2.75) is 19.4 Å². The molecule has 0 aliphatic rings. The van der Waals surface area contributed by atoms with Crippen LogP contribution < -0.4 is 10.6 Å². The fourth-order valence-electron chi connectivity index (χ4n) is 2.21. The van der Waals surface area contributed by atoms with Crippen LogP contribution in [0.25, 0.3) is 0 Å². The lowest BCUT2D eigenvalue weighted by molar-refractivity contribution is 0.622. The van der Waals surface area contributed by atoms with Crippen molar-refractivity contribution in [3.05, 3.63) is 65.5 Å². The number of rotatable bonds is 5. The van der Waals surface area contributed by atoms with Gasteiger partial charge in [-0.2, -0.15) is 0 Å². The largest absolute Gasteiger partial charge is 0.368 e. The molecule has 3 heteroatoms. The Morgan fingerprint density at radius 3 is 2.35 bits per heavy atom. The maximum absolute atomic E-state index is 13.7. The van der Waals surface area contributed by atoms with E-state index in [4.69, 9.17) is 5.73 Å². The first kappa shape index (κ1) is 14.5. The normalized spacial score (nSPS) is 12.2. The molecule has 2 nitrogen and oxygen atoms in total. The molecule has 1 unspecified atom stereocenters. The predicted octanol–water partition coefficient (Wildman–Crippen LogP) is 3.52. The van der Waals surface area contributed by atoms with Gasteiger partial charge >= 0.3 is 0 Å². The number of hydrogen-bond donors (Lipinski definition) is 1. The Balaban J connectivity index is 2.08. The maximum Gasteiger partial charge on any atom is 0.146 e. The lowest BCUT2D eigenvalue weighted by Gasteiger charge is -2.20. The van der Waals surface area contributed by atoms with Gasteiger partial charge in [0.2, 0.25) is 0 Å². The molecule has 0 radical (unpaired) electrons. The lowest BCUT2D eigenvalue weighted by atomic mass is 10.00. The van der Waals surface area contributed by atoms with E-state index >= 15 is 0 Å². The summed E-state index contributed by atoms with van der Waals surface area (Å²) in [7, 11) is 1.90. The minimum absolute atomic E-state index is 0.191. The predicted molar refractivity (Wildman–Crippen MR) is 82.4 cm³/mol. The summed E-state index contributed by atoms with van der Waals surface area (Å²) >= 11 is 0. The number of para-hydroxylation sites is 1. The first-order valence-corrected chi connectivity index (χ1v) is 6.86. The van der Waals surface area contributed by atoms with Crippen molar-refractivity contribution in [3.8, 4) is 0 Å². The third kappa shape index (κ3) is 3.36. The van der Waals surface area contributed by atoms with Crippen molar-refractivity contribution in [2.75, 3.05) is 18.5 Å². The van der Waals surface area contributed by atoms with E-state index in [1.54, 1.807) is 12.1 Å². The SMILES string of the molecule is CC(CN)c1ccc(CN(C)c2ccccc2F)cc1. The highest BCUT2D eigenvalue weighted by molar-refractivity contribution is 5.47. The Hall–Kier alpha value is -1.87. The molecule has 1 atom stereocenters. The average Bonchev–Trinajstić information content (AvgIpc) is 2.47. The van der Waals surface area contributed by atoms with Gasteiger partial charge < -0.3 is 10.6 Å². The molecule has 0 bridgehead atoms. The number of hydrogen-bond acceptors (Lipinski definition) is 2. The van der Waals surface area contributed by atoms with E-state index in [1.807, 2.05) is 18.0 Å². The molecule has 20 heavy (non-hydrogen) atoms. The summed E-state index contributed by atoms with van der Waals surface area (Å²) in [4.78, 5) is 1.91. The molecule has 2 rings (SSSR count). The highest BCUT2D eigenvalue weighted by atomic mass is 19.1. The van der Waals surface area contributed by atoms with E-state index in [1.165, 1.54) is 11.6 Å². The summed E-state index contributed by atoms with van der Waals surface area (Å²) in [5.74, 6) is 0.178. The molecule has 0 aliphatic carbocycles. The summed E-state index contributed by atoms with van der Waals surface area (Å²) in [5, 5.41) is 0. The van der Waals surface area contributed by atoms with Crippen LogP contribution in [0, 0.1) is 5.82 Å². The van der Waals surface area contributed by atoms with E-state index in [9.17, 15) is 4.39 Å². The second-order valence-electron chi connectivity index (χ2n) is 5.19. The average molecular weight is 272 g/mol. The van der Waals surface area contributed by atoms with Gasteiger partial charge in [-0.3, -0.25) is 0 Å². The Kier molecular flexibility index (Phi) is 4.74.